The van der Waals surface area contributed by atoms with Crippen LogP contribution < -0.4 is 0 Å². The summed E-state index contributed by atoms with van der Waals surface area (Å²) in [5.41, 5.74) is 3.77. The lowest BCUT2D eigenvalue weighted by molar-refractivity contribution is 0.331. The zero-order valence-corrected chi connectivity index (χ0v) is 12.7. The van der Waals surface area contributed by atoms with Gasteiger partial charge in [0.1, 0.15) is 0 Å². The van der Waals surface area contributed by atoms with E-state index in [0.29, 0.717) is 0 Å². The monoisotopic (exact) mass is 288 g/mol. The number of hydrogen-bond acceptors (Lipinski definition) is 2. The van der Waals surface area contributed by atoms with Crippen LogP contribution in [0.3, 0.4) is 0 Å². The number of pyridine rings is 1. The van der Waals surface area contributed by atoms with Crippen LogP contribution >= 0.6 is 0 Å². The standard InChI is InChI=1S/C20H20N2/c1-2-6-18-12-19(8-7-17(18)5-1)20-11-16(13-21-14-20)15-22-9-3-4-10-22/h1-2,5-8,11-14H,3-4,9-10,15H2. The van der Waals surface area contributed by atoms with E-state index >= 15 is 0 Å². The Bertz CT molecular complexity index is 788. The van der Waals surface area contributed by atoms with Crippen LogP contribution in [0.15, 0.2) is 60.9 Å². The number of nitrogens with zero attached hydrogens (tertiary/aromatic N) is 2. The molecule has 1 aliphatic heterocycles. The summed E-state index contributed by atoms with van der Waals surface area (Å²) < 4.78 is 0. The molecule has 3 aromatic rings. The van der Waals surface area contributed by atoms with Gasteiger partial charge in [-0.3, -0.25) is 9.88 Å². The minimum atomic E-state index is 1.02. The fraction of sp³-hybridized carbons (Fsp3) is 0.250. The topological polar surface area (TPSA) is 16.1 Å². The van der Waals surface area contributed by atoms with Crippen LogP contribution in [-0.4, -0.2) is 23.0 Å². The summed E-state index contributed by atoms with van der Waals surface area (Å²) in [4.78, 5) is 6.97. The SMILES string of the molecule is c1ccc2cc(-c3cncc(CN4CCCC4)c3)ccc2c1. The third-order valence-electron chi connectivity index (χ3n) is 4.48. The molecule has 110 valence electrons. The van der Waals surface area contributed by atoms with Crippen molar-refractivity contribution < 1.29 is 0 Å². The number of likely N-dealkylation sites (tertiary alicyclic amines) is 1. The molecule has 0 aliphatic carbocycles. The van der Waals surface area contributed by atoms with Crippen LogP contribution in [0.25, 0.3) is 21.9 Å². The molecule has 0 unspecified atom stereocenters. The average Bonchev–Trinajstić information content (AvgIpc) is 3.08. The molecule has 2 nitrogen and oxygen atoms in total. The minimum Gasteiger partial charge on any atom is -0.299 e. The van der Waals surface area contributed by atoms with Crippen molar-refractivity contribution in [3.8, 4) is 11.1 Å². The Morgan fingerprint density at radius 2 is 1.64 bits per heavy atom. The zero-order valence-electron chi connectivity index (χ0n) is 12.7. The maximum atomic E-state index is 4.46. The van der Waals surface area contributed by atoms with Gasteiger partial charge >= 0.3 is 0 Å². The van der Waals surface area contributed by atoms with Crippen molar-refractivity contribution in [1.29, 1.82) is 0 Å². The summed E-state index contributed by atoms with van der Waals surface area (Å²) in [5, 5.41) is 2.57. The molecule has 0 spiro atoms. The van der Waals surface area contributed by atoms with Gasteiger partial charge in [0.25, 0.3) is 0 Å². The molecule has 22 heavy (non-hydrogen) atoms. The summed E-state index contributed by atoms with van der Waals surface area (Å²) in [6.45, 7) is 3.47. The molecule has 1 fully saturated rings. The number of rotatable bonds is 3. The Morgan fingerprint density at radius 3 is 2.50 bits per heavy atom. The van der Waals surface area contributed by atoms with E-state index in [-0.39, 0.29) is 0 Å². The van der Waals surface area contributed by atoms with E-state index in [1.165, 1.54) is 53.4 Å². The van der Waals surface area contributed by atoms with E-state index in [0.717, 1.165) is 6.54 Å². The van der Waals surface area contributed by atoms with Gasteiger partial charge in [-0.25, -0.2) is 0 Å². The van der Waals surface area contributed by atoms with Crippen LogP contribution in [0.1, 0.15) is 18.4 Å². The predicted octanol–water partition coefficient (Wildman–Crippen LogP) is 4.50. The summed E-state index contributed by atoms with van der Waals surface area (Å²) in [7, 11) is 0. The van der Waals surface area contributed by atoms with Crippen molar-refractivity contribution >= 4 is 10.8 Å². The second-order valence-electron chi connectivity index (χ2n) is 6.13. The second-order valence-corrected chi connectivity index (χ2v) is 6.13. The fourth-order valence-electron chi connectivity index (χ4n) is 3.30. The highest BCUT2D eigenvalue weighted by molar-refractivity contribution is 5.87. The molecule has 1 saturated heterocycles. The molecular formula is C20H20N2. The minimum absolute atomic E-state index is 1.02. The van der Waals surface area contributed by atoms with E-state index in [1.54, 1.807) is 0 Å². The number of benzene rings is 2. The summed E-state index contributed by atoms with van der Waals surface area (Å²) in [6, 6.07) is 17.4. The van der Waals surface area contributed by atoms with E-state index in [4.69, 9.17) is 0 Å². The van der Waals surface area contributed by atoms with Crippen LogP contribution in [0.4, 0.5) is 0 Å². The van der Waals surface area contributed by atoms with Crippen molar-refractivity contribution in [1.82, 2.24) is 9.88 Å². The van der Waals surface area contributed by atoms with Gasteiger partial charge in [-0.15, -0.1) is 0 Å². The van der Waals surface area contributed by atoms with Gasteiger partial charge in [0.2, 0.25) is 0 Å². The van der Waals surface area contributed by atoms with Crippen molar-refractivity contribution in [3.63, 3.8) is 0 Å². The molecule has 4 rings (SSSR count). The Labute approximate surface area is 131 Å². The van der Waals surface area contributed by atoms with Gasteiger partial charge in [0, 0.05) is 24.5 Å². The highest BCUT2D eigenvalue weighted by Gasteiger charge is 2.12. The Morgan fingerprint density at radius 1 is 0.818 bits per heavy atom. The van der Waals surface area contributed by atoms with Crippen molar-refractivity contribution in [2.45, 2.75) is 19.4 Å². The Kier molecular flexibility index (Phi) is 3.61. The lowest BCUT2D eigenvalue weighted by Crippen LogP contribution is -2.18. The molecule has 0 saturated carbocycles. The fourth-order valence-corrected chi connectivity index (χ4v) is 3.30. The maximum Gasteiger partial charge on any atom is 0.0346 e. The summed E-state index contributed by atoms with van der Waals surface area (Å²) in [6.07, 6.45) is 6.63. The third-order valence-corrected chi connectivity index (χ3v) is 4.48. The van der Waals surface area contributed by atoms with Crippen LogP contribution in [-0.2, 0) is 6.54 Å². The van der Waals surface area contributed by atoms with Gasteiger partial charge in [-0.2, -0.15) is 0 Å². The van der Waals surface area contributed by atoms with Crippen molar-refractivity contribution in [2.75, 3.05) is 13.1 Å². The van der Waals surface area contributed by atoms with Crippen LogP contribution in [0.2, 0.25) is 0 Å². The molecule has 2 heterocycles. The molecule has 0 bridgehead atoms. The zero-order chi connectivity index (χ0) is 14.8. The molecule has 0 radical (unpaired) electrons. The molecule has 1 aliphatic rings. The van der Waals surface area contributed by atoms with Gasteiger partial charge in [0.05, 0.1) is 0 Å². The normalized spacial score (nSPS) is 15.5. The number of fused-ring (bicyclic) bond motifs is 1. The Balaban J connectivity index is 1.65. The molecule has 0 amide bonds. The highest BCUT2D eigenvalue weighted by Crippen LogP contribution is 2.25. The molecule has 0 N–H and O–H groups in total. The van der Waals surface area contributed by atoms with Crippen LogP contribution in [0.5, 0.6) is 0 Å². The van der Waals surface area contributed by atoms with E-state index < -0.39 is 0 Å². The second kappa shape index (κ2) is 5.90. The molecular weight excluding hydrogens is 268 g/mol. The third kappa shape index (κ3) is 2.75. The quantitative estimate of drug-likeness (QED) is 0.705. The predicted molar refractivity (Wildman–Crippen MR) is 91.7 cm³/mol. The van der Waals surface area contributed by atoms with E-state index in [9.17, 15) is 0 Å². The van der Waals surface area contributed by atoms with Gasteiger partial charge in [0.15, 0.2) is 0 Å². The first-order valence-electron chi connectivity index (χ1n) is 8.04. The average molecular weight is 288 g/mol. The summed E-state index contributed by atoms with van der Waals surface area (Å²) >= 11 is 0. The van der Waals surface area contributed by atoms with Crippen molar-refractivity contribution in [2.24, 2.45) is 0 Å². The Hall–Kier alpha value is -2.19. The van der Waals surface area contributed by atoms with Gasteiger partial charge < -0.3 is 0 Å². The van der Waals surface area contributed by atoms with Crippen molar-refractivity contribution in [3.05, 3.63) is 66.5 Å². The van der Waals surface area contributed by atoms with Gasteiger partial charge in [-0.05, 0) is 60.0 Å². The number of hydrogen-bond donors (Lipinski definition) is 0. The van der Waals surface area contributed by atoms with Gasteiger partial charge in [-0.1, -0.05) is 36.4 Å². The highest BCUT2D eigenvalue weighted by atomic mass is 15.1. The van der Waals surface area contributed by atoms with E-state index in [1.807, 2.05) is 12.4 Å². The smallest absolute Gasteiger partial charge is 0.0346 e. The molecule has 2 heteroatoms. The van der Waals surface area contributed by atoms with Crippen LogP contribution in [0, 0.1) is 0 Å². The molecule has 2 aromatic carbocycles. The lowest BCUT2D eigenvalue weighted by atomic mass is 10.0. The first kappa shape index (κ1) is 13.5. The van der Waals surface area contributed by atoms with E-state index in [2.05, 4.69) is 58.4 Å². The lowest BCUT2D eigenvalue weighted by Gasteiger charge is -2.14. The maximum absolute atomic E-state index is 4.46. The largest absolute Gasteiger partial charge is 0.299 e. The molecule has 0 atom stereocenters. The first-order chi connectivity index (χ1) is 10.9. The number of aromatic nitrogens is 1. The molecule has 1 aromatic heterocycles. The first-order valence-corrected chi connectivity index (χ1v) is 8.04. The summed E-state index contributed by atoms with van der Waals surface area (Å²) in [5.74, 6) is 0.